The van der Waals surface area contributed by atoms with Gasteiger partial charge in [0.25, 0.3) is 0 Å². The molecule has 0 radical (unpaired) electrons. The Morgan fingerprint density at radius 2 is 1.75 bits per heavy atom. The van der Waals surface area contributed by atoms with E-state index in [1.807, 2.05) is 0 Å². The summed E-state index contributed by atoms with van der Waals surface area (Å²) in [6.45, 7) is 9.13. The van der Waals surface area contributed by atoms with Crippen LogP contribution in [0.3, 0.4) is 0 Å². The van der Waals surface area contributed by atoms with Crippen LogP contribution in [0.5, 0.6) is 0 Å². The van der Waals surface area contributed by atoms with Crippen LogP contribution in [0.1, 0.15) is 84.1 Å². The van der Waals surface area contributed by atoms with Crippen molar-refractivity contribution >= 4 is 0 Å². The molecule has 134 valence electrons. The van der Waals surface area contributed by atoms with Crippen LogP contribution in [-0.4, -0.2) is 17.4 Å². The third-order valence-electron chi connectivity index (χ3n) is 5.99. The number of benzene rings is 1. The summed E-state index contributed by atoms with van der Waals surface area (Å²) in [5.41, 5.74) is 1.24. The molecule has 2 aliphatic rings. The summed E-state index contributed by atoms with van der Waals surface area (Å²) in [6.07, 6.45) is 9.59. The van der Waals surface area contributed by atoms with Gasteiger partial charge < -0.3 is 4.74 Å². The van der Waals surface area contributed by atoms with Gasteiger partial charge in [0.1, 0.15) is 5.72 Å². The van der Waals surface area contributed by atoms with Gasteiger partial charge in [0, 0.05) is 11.5 Å². The maximum absolute atomic E-state index is 6.56. The molecule has 1 aromatic rings. The van der Waals surface area contributed by atoms with Crippen LogP contribution in [0.25, 0.3) is 0 Å². The summed E-state index contributed by atoms with van der Waals surface area (Å²) in [6, 6.07) is 11.0. The number of ether oxygens (including phenoxy) is 1. The fourth-order valence-electron chi connectivity index (χ4n) is 5.22. The van der Waals surface area contributed by atoms with E-state index in [0.29, 0.717) is 12.0 Å². The molecule has 1 aromatic carbocycles. The third kappa shape index (κ3) is 4.21. The van der Waals surface area contributed by atoms with Gasteiger partial charge in [-0.15, -0.1) is 0 Å². The van der Waals surface area contributed by atoms with Crippen LogP contribution in [0, 0.1) is 5.92 Å². The van der Waals surface area contributed by atoms with E-state index >= 15 is 0 Å². The molecular formula is C22H35NO. The van der Waals surface area contributed by atoms with E-state index in [0.717, 1.165) is 12.3 Å². The summed E-state index contributed by atoms with van der Waals surface area (Å²) in [5, 5.41) is 3.87. The summed E-state index contributed by atoms with van der Waals surface area (Å²) < 4.78 is 6.56. The molecule has 0 amide bonds. The summed E-state index contributed by atoms with van der Waals surface area (Å²) >= 11 is 0. The number of nitrogens with one attached hydrogen (secondary N) is 1. The van der Waals surface area contributed by atoms with E-state index in [1.54, 1.807) is 0 Å². The highest BCUT2D eigenvalue weighted by molar-refractivity contribution is 5.23. The van der Waals surface area contributed by atoms with Crippen LogP contribution < -0.4 is 5.32 Å². The van der Waals surface area contributed by atoms with Gasteiger partial charge >= 0.3 is 0 Å². The molecule has 1 N–H and O–H groups in total. The van der Waals surface area contributed by atoms with Gasteiger partial charge in [-0.25, -0.2) is 0 Å². The van der Waals surface area contributed by atoms with Crippen molar-refractivity contribution in [2.75, 3.05) is 0 Å². The van der Waals surface area contributed by atoms with Crippen molar-refractivity contribution < 1.29 is 4.74 Å². The molecule has 1 heterocycles. The first-order valence-corrected chi connectivity index (χ1v) is 9.90. The van der Waals surface area contributed by atoms with Crippen molar-refractivity contribution in [3.05, 3.63) is 35.9 Å². The minimum Gasteiger partial charge on any atom is -0.357 e. The largest absolute Gasteiger partial charge is 0.357 e. The van der Waals surface area contributed by atoms with Gasteiger partial charge in [-0.2, -0.15) is 0 Å². The van der Waals surface area contributed by atoms with Crippen LogP contribution in [0.2, 0.25) is 0 Å². The second kappa shape index (κ2) is 7.17. The van der Waals surface area contributed by atoms with Crippen molar-refractivity contribution in [1.82, 2.24) is 5.32 Å². The first-order valence-electron chi connectivity index (χ1n) is 9.90. The van der Waals surface area contributed by atoms with Crippen molar-refractivity contribution in [2.24, 2.45) is 5.92 Å². The normalized spacial score (nSPS) is 32.4. The molecule has 24 heavy (non-hydrogen) atoms. The zero-order chi connectivity index (χ0) is 17.2. The van der Waals surface area contributed by atoms with E-state index in [9.17, 15) is 0 Å². The van der Waals surface area contributed by atoms with Gasteiger partial charge in [-0.05, 0) is 52.0 Å². The first kappa shape index (κ1) is 17.9. The smallest absolute Gasteiger partial charge is 0.124 e. The van der Waals surface area contributed by atoms with Gasteiger partial charge in [0.05, 0.1) is 6.10 Å². The molecule has 1 aliphatic carbocycles. The summed E-state index contributed by atoms with van der Waals surface area (Å²) in [5.74, 6) is 1.25. The quantitative estimate of drug-likeness (QED) is 0.772. The third-order valence-corrected chi connectivity index (χ3v) is 5.99. The van der Waals surface area contributed by atoms with Gasteiger partial charge in [0.15, 0.2) is 0 Å². The first-order chi connectivity index (χ1) is 11.4. The van der Waals surface area contributed by atoms with Crippen LogP contribution in [0.4, 0.5) is 0 Å². The lowest BCUT2D eigenvalue weighted by molar-refractivity contribution is -0.170. The Hall–Kier alpha value is -0.860. The molecule has 3 rings (SSSR count). The number of hydrogen-bond acceptors (Lipinski definition) is 2. The lowest BCUT2D eigenvalue weighted by atomic mass is 9.75. The van der Waals surface area contributed by atoms with Crippen molar-refractivity contribution in [3.8, 4) is 0 Å². The molecule has 1 aliphatic heterocycles. The average Bonchev–Trinajstić information content (AvgIpc) is 2.52. The Labute approximate surface area is 148 Å². The summed E-state index contributed by atoms with van der Waals surface area (Å²) in [4.78, 5) is 0. The SMILES string of the molecule is CC1CC(C)(C)NC(C)(C(CC2CCCCC2)c2ccccc2)O1. The molecule has 1 saturated heterocycles. The molecule has 2 fully saturated rings. The Bertz CT molecular complexity index is 520. The molecule has 3 unspecified atom stereocenters. The van der Waals surface area contributed by atoms with Crippen molar-refractivity contribution in [3.63, 3.8) is 0 Å². The molecule has 3 atom stereocenters. The van der Waals surface area contributed by atoms with E-state index in [-0.39, 0.29) is 11.3 Å². The minimum absolute atomic E-state index is 0.117. The predicted octanol–water partition coefficient (Wildman–Crippen LogP) is 5.63. The molecule has 0 bridgehead atoms. The fraction of sp³-hybridized carbons (Fsp3) is 0.727. The van der Waals surface area contributed by atoms with E-state index in [1.165, 1.54) is 44.1 Å². The van der Waals surface area contributed by atoms with Crippen molar-refractivity contribution in [1.29, 1.82) is 0 Å². The second-order valence-electron chi connectivity index (χ2n) is 8.95. The van der Waals surface area contributed by atoms with Crippen LogP contribution in [0.15, 0.2) is 30.3 Å². The number of rotatable bonds is 4. The zero-order valence-electron chi connectivity index (χ0n) is 16.0. The minimum atomic E-state index is -0.292. The maximum Gasteiger partial charge on any atom is 0.124 e. The lowest BCUT2D eigenvalue weighted by Gasteiger charge is -2.51. The highest BCUT2D eigenvalue weighted by Gasteiger charge is 2.46. The van der Waals surface area contributed by atoms with Gasteiger partial charge in [-0.1, -0.05) is 62.4 Å². The molecule has 2 nitrogen and oxygen atoms in total. The van der Waals surface area contributed by atoms with Crippen molar-refractivity contribution in [2.45, 2.75) is 95.9 Å². The highest BCUT2D eigenvalue weighted by Crippen LogP contribution is 2.43. The summed E-state index contributed by atoms with van der Waals surface area (Å²) in [7, 11) is 0. The van der Waals surface area contributed by atoms with E-state index in [4.69, 9.17) is 4.74 Å². The van der Waals surface area contributed by atoms with E-state index in [2.05, 4.69) is 63.3 Å². The zero-order valence-corrected chi connectivity index (χ0v) is 16.0. The fourth-order valence-corrected chi connectivity index (χ4v) is 5.22. The van der Waals surface area contributed by atoms with Gasteiger partial charge in [-0.3, -0.25) is 5.32 Å². The maximum atomic E-state index is 6.56. The molecule has 0 aromatic heterocycles. The van der Waals surface area contributed by atoms with Crippen LogP contribution >= 0.6 is 0 Å². The molecular weight excluding hydrogens is 294 g/mol. The lowest BCUT2D eigenvalue weighted by Crippen LogP contribution is -2.64. The number of hydrogen-bond donors (Lipinski definition) is 1. The van der Waals surface area contributed by atoms with Gasteiger partial charge in [0.2, 0.25) is 0 Å². The van der Waals surface area contributed by atoms with E-state index < -0.39 is 0 Å². The van der Waals surface area contributed by atoms with Crippen LogP contribution in [-0.2, 0) is 4.74 Å². The Balaban J connectivity index is 1.88. The Morgan fingerprint density at radius 1 is 1.08 bits per heavy atom. The highest BCUT2D eigenvalue weighted by atomic mass is 16.5. The second-order valence-corrected chi connectivity index (χ2v) is 8.95. The molecule has 0 spiro atoms. The molecule has 1 saturated carbocycles. The molecule has 2 heteroatoms. The monoisotopic (exact) mass is 329 g/mol. The topological polar surface area (TPSA) is 21.3 Å². The average molecular weight is 330 g/mol. The standard InChI is InChI=1S/C22H35NO/c1-17-16-21(2,3)23-22(4,24-17)20(19-13-9-6-10-14-19)15-18-11-7-5-8-12-18/h6,9-10,13-14,17-18,20,23H,5,7-8,11-12,15-16H2,1-4H3. The predicted molar refractivity (Wildman–Crippen MR) is 101 cm³/mol. The Morgan fingerprint density at radius 3 is 2.38 bits per heavy atom. The Kier molecular flexibility index (Phi) is 5.36.